The number of hydrogen-bond donors (Lipinski definition) is 0. The molecule has 0 aromatic rings. The number of carbonyl (C=O) groups excluding carboxylic acids is 1. The Morgan fingerprint density at radius 1 is 1.38 bits per heavy atom. The van der Waals surface area contributed by atoms with Crippen molar-refractivity contribution in [2.45, 2.75) is 39.9 Å². The molecular weight excluding hydrogens is 221 g/mol. The molecule has 0 aliphatic carbocycles. The van der Waals surface area contributed by atoms with Crippen molar-refractivity contribution in [2.24, 2.45) is 5.41 Å². The summed E-state index contributed by atoms with van der Waals surface area (Å²) in [6.45, 7) is 6.13. The Kier molecular flexibility index (Phi) is 4.36. The first-order valence-corrected chi connectivity index (χ1v) is 4.83. The predicted octanol–water partition coefficient (Wildman–Crippen LogP) is 2.34. The predicted molar refractivity (Wildman–Crippen MR) is 52.3 cm³/mol. The zero-order valence-corrected chi connectivity index (χ0v) is 9.72. The van der Waals surface area contributed by atoms with Crippen LogP contribution in [0.4, 0.5) is 13.2 Å². The fourth-order valence-corrected chi connectivity index (χ4v) is 1.34. The second kappa shape index (κ2) is 4.73. The summed E-state index contributed by atoms with van der Waals surface area (Å²) in [6.07, 6.45) is -4.93. The van der Waals surface area contributed by atoms with Crippen LogP contribution in [0.5, 0.6) is 0 Å². The van der Waals surface area contributed by atoms with Gasteiger partial charge in [0.2, 0.25) is 0 Å². The normalized spacial score (nSPS) is 14.1. The van der Waals surface area contributed by atoms with Crippen LogP contribution in [0.2, 0.25) is 0 Å². The van der Waals surface area contributed by atoms with Crippen molar-refractivity contribution in [3.8, 4) is 6.07 Å². The molecule has 0 aliphatic rings. The third kappa shape index (κ3) is 3.40. The van der Waals surface area contributed by atoms with Crippen molar-refractivity contribution in [3.63, 3.8) is 0 Å². The molecule has 0 aliphatic heterocycles. The molecular formula is C10H15F3N2O. The SMILES string of the molecule is CCN(C(=O)C(F)(F)F)C(C#N)C(C)(C)C. The van der Waals surface area contributed by atoms with Crippen molar-refractivity contribution in [1.82, 2.24) is 4.90 Å². The van der Waals surface area contributed by atoms with Gasteiger partial charge in [0.05, 0.1) is 6.07 Å². The molecule has 0 aromatic heterocycles. The van der Waals surface area contributed by atoms with Gasteiger partial charge in [0.1, 0.15) is 6.04 Å². The van der Waals surface area contributed by atoms with Crippen LogP contribution in [0.25, 0.3) is 0 Å². The minimum absolute atomic E-state index is 0.145. The molecule has 0 radical (unpaired) electrons. The zero-order valence-electron chi connectivity index (χ0n) is 9.72. The van der Waals surface area contributed by atoms with Crippen LogP contribution in [0, 0.1) is 16.7 Å². The Labute approximate surface area is 92.8 Å². The van der Waals surface area contributed by atoms with Crippen molar-refractivity contribution in [1.29, 1.82) is 5.26 Å². The number of halogens is 3. The summed E-state index contributed by atoms with van der Waals surface area (Å²) < 4.78 is 36.8. The Hall–Kier alpha value is -1.25. The summed E-state index contributed by atoms with van der Waals surface area (Å²) in [5, 5.41) is 8.87. The molecule has 92 valence electrons. The van der Waals surface area contributed by atoms with Gasteiger partial charge in [0.25, 0.3) is 0 Å². The topological polar surface area (TPSA) is 44.1 Å². The number of carbonyl (C=O) groups is 1. The molecule has 1 unspecified atom stereocenters. The molecule has 1 amide bonds. The highest BCUT2D eigenvalue weighted by Gasteiger charge is 2.46. The van der Waals surface area contributed by atoms with Crippen molar-refractivity contribution in [3.05, 3.63) is 0 Å². The lowest BCUT2D eigenvalue weighted by Gasteiger charge is -2.35. The van der Waals surface area contributed by atoms with Crippen LogP contribution in [0.15, 0.2) is 0 Å². The third-order valence-corrected chi connectivity index (χ3v) is 2.10. The first-order valence-electron chi connectivity index (χ1n) is 4.83. The van der Waals surface area contributed by atoms with Gasteiger partial charge in [-0.3, -0.25) is 4.79 Å². The molecule has 0 N–H and O–H groups in total. The van der Waals surface area contributed by atoms with Gasteiger partial charge in [-0.25, -0.2) is 0 Å². The van der Waals surface area contributed by atoms with E-state index in [9.17, 15) is 18.0 Å². The fourth-order valence-electron chi connectivity index (χ4n) is 1.34. The lowest BCUT2D eigenvalue weighted by molar-refractivity contribution is -0.188. The minimum atomic E-state index is -4.93. The van der Waals surface area contributed by atoms with Gasteiger partial charge in [-0.15, -0.1) is 0 Å². The van der Waals surface area contributed by atoms with Gasteiger partial charge >= 0.3 is 12.1 Å². The third-order valence-electron chi connectivity index (χ3n) is 2.10. The van der Waals surface area contributed by atoms with E-state index in [1.807, 2.05) is 0 Å². The van der Waals surface area contributed by atoms with E-state index in [0.29, 0.717) is 4.90 Å². The van der Waals surface area contributed by atoms with Gasteiger partial charge in [-0.1, -0.05) is 20.8 Å². The fraction of sp³-hybridized carbons (Fsp3) is 0.800. The van der Waals surface area contributed by atoms with E-state index in [2.05, 4.69) is 0 Å². The van der Waals surface area contributed by atoms with Crippen LogP contribution >= 0.6 is 0 Å². The number of rotatable bonds is 2. The molecule has 0 saturated heterocycles. The van der Waals surface area contributed by atoms with Crippen molar-refractivity contribution < 1.29 is 18.0 Å². The number of hydrogen-bond acceptors (Lipinski definition) is 2. The summed E-state index contributed by atoms with van der Waals surface area (Å²) in [5.74, 6) is -1.96. The first-order chi connectivity index (χ1) is 7.05. The van der Waals surface area contributed by atoms with Crippen LogP contribution in [0.1, 0.15) is 27.7 Å². The molecule has 0 fully saturated rings. The molecule has 0 heterocycles. The molecule has 6 heteroatoms. The summed E-state index contributed by atoms with van der Waals surface area (Å²) in [5.41, 5.74) is -0.717. The van der Waals surface area contributed by atoms with Gasteiger partial charge in [-0.2, -0.15) is 18.4 Å². The van der Waals surface area contributed by atoms with Crippen molar-refractivity contribution in [2.75, 3.05) is 6.54 Å². The van der Waals surface area contributed by atoms with E-state index >= 15 is 0 Å². The van der Waals surface area contributed by atoms with Gasteiger partial charge in [-0.05, 0) is 12.3 Å². The highest BCUT2D eigenvalue weighted by atomic mass is 19.4. The first kappa shape index (κ1) is 14.8. The summed E-state index contributed by atoms with van der Waals surface area (Å²) >= 11 is 0. The number of alkyl halides is 3. The van der Waals surface area contributed by atoms with E-state index < -0.39 is 23.5 Å². The highest BCUT2D eigenvalue weighted by molar-refractivity contribution is 5.82. The molecule has 0 rings (SSSR count). The van der Waals surface area contributed by atoms with E-state index in [0.717, 1.165) is 0 Å². The Bertz CT molecular complexity index is 299. The standard InChI is InChI=1S/C10H15F3N2O/c1-5-15(8(16)10(11,12)13)7(6-14)9(2,3)4/h7H,5H2,1-4H3. The maximum atomic E-state index is 12.3. The summed E-state index contributed by atoms with van der Waals surface area (Å²) in [7, 11) is 0. The van der Waals surface area contributed by atoms with E-state index in [1.165, 1.54) is 6.92 Å². The molecule has 3 nitrogen and oxygen atoms in total. The molecule has 0 bridgehead atoms. The van der Waals surface area contributed by atoms with Gasteiger partial charge in [0, 0.05) is 6.54 Å². The van der Waals surface area contributed by atoms with Gasteiger partial charge < -0.3 is 4.90 Å². The number of nitrogens with zero attached hydrogens (tertiary/aromatic N) is 2. The molecule has 0 spiro atoms. The lowest BCUT2D eigenvalue weighted by atomic mass is 9.86. The summed E-state index contributed by atoms with van der Waals surface area (Å²) in [4.78, 5) is 11.6. The Morgan fingerprint density at radius 2 is 1.81 bits per heavy atom. The maximum Gasteiger partial charge on any atom is 0.471 e. The second-order valence-corrected chi connectivity index (χ2v) is 4.49. The van der Waals surface area contributed by atoms with Crippen LogP contribution in [-0.2, 0) is 4.79 Å². The average molecular weight is 236 g/mol. The molecule has 16 heavy (non-hydrogen) atoms. The quantitative estimate of drug-likeness (QED) is 0.738. The Morgan fingerprint density at radius 3 is 2.00 bits per heavy atom. The zero-order chi connectivity index (χ0) is 13.1. The van der Waals surface area contributed by atoms with Gasteiger partial charge in [0.15, 0.2) is 0 Å². The minimum Gasteiger partial charge on any atom is -0.319 e. The Balaban J connectivity index is 5.15. The molecule has 1 atom stereocenters. The maximum absolute atomic E-state index is 12.3. The van der Waals surface area contributed by atoms with E-state index in [-0.39, 0.29) is 6.54 Å². The second-order valence-electron chi connectivity index (χ2n) is 4.49. The molecule has 0 aromatic carbocycles. The largest absolute Gasteiger partial charge is 0.471 e. The highest BCUT2D eigenvalue weighted by Crippen LogP contribution is 2.27. The van der Waals surface area contributed by atoms with Crippen LogP contribution in [-0.4, -0.2) is 29.6 Å². The van der Waals surface area contributed by atoms with E-state index in [1.54, 1.807) is 26.8 Å². The van der Waals surface area contributed by atoms with E-state index in [4.69, 9.17) is 5.26 Å². The van der Waals surface area contributed by atoms with Crippen LogP contribution < -0.4 is 0 Å². The monoisotopic (exact) mass is 236 g/mol. The number of amides is 1. The molecule has 0 saturated carbocycles. The lowest BCUT2D eigenvalue weighted by Crippen LogP contribution is -2.51. The van der Waals surface area contributed by atoms with Crippen molar-refractivity contribution >= 4 is 5.91 Å². The average Bonchev–Trinajstić information content (AvgIpc) is 2.09. The number of nitriles is 1. The van der Waals surface area contributed by atoms with Crippen LogP contribution in [0.3, 0.4) is 0 Å². The summed E-state index contributed by atoms with van der Waals surface area (Å²) in [6, 6.07) is 0.660. The smallest absolute Gasteiger partial charge is 0.319 e.